The molecule has 0 aliphatic carbocycles. The molecule has 2 rings (SSSR count). The molecular weight excluding hydrogens is 339 g/mol. The van der Waals surface area contributed by atoms with Crippen LogP contribution in [0.1, 0.15) is 29.2 Å². The monoisotopic (exact) mass is 348 g/mol. The summed E-state index contributed by atoms with van der Waals surface area (Å²) in [5, 5.41) is 8.85. The Hall–Kier alpha value is -2.15. The summed E-state index contributed by atoms with van der Waals surface area (Å²) in [6.07, 6.45) is -2.47. The van der Waals surface area contributed by atoms with Gasteiger partial charge in [0.2, 0.25) is 0 Å². The molecule has 0 atom stereocenters. The largest absolute Gasteiger partial charge is 0.417 e. The molecule has 122 valence electrons. The number of imidazole rings is 1. The molecule has 2 heterocycles. The van der Waals surface area contributed by atoms with Crippen LogP contribution in [0.15, 0.2) is 23.5 Å². The number of hydrogen-bond donors (Lipinski definition) is 0. The molecule has 0 saturated carbocycles. The number of pyridine rings is 1. The molecular formula is C13H9F5N4S. The van der Waals surface area contributed by atoms with Gasteiger partial charge in [-0.25, -0.2) is 9.97 Å². The first kappa shape index (κ1) is 17.2. The molecule has 0 N–H and O–H groups in total. The molecule has 0 saturated heterocycles. The third-order valence-corrected chi connectivity index (χ3v) is 3.80. The van der Waals surface area contributed by atoms with Crippen molar-refractivity contribution in [1.29, 1.82) is 5.26 Å². The molecule has 0 fully saturated rings. The van der Waals surface area contributed by atoms with Crippen molar-refractivity contribution in [1.82, 2.24) is 14.5 Å². The highest BCUT2D eigenvalue weighted by Gasteiger charge is 2.35. The number of halogens is 5. The van der Waals surface area contributed by atoms with E-state index in [0.29, 0.717) is 4.57 Å². The second kappa shape index (κ2) is 6.54. The van der Waals surface area contributed by atoms with Gasteiger partial charge in [0, 0.05) is 18.1 Å². The quantitative estimate of drug-likeness (QED) is 0.615. The summed E-state index contributed by atoms with van der Waals surface area (Å²) in [6.45, 7) is -1.44. The van der Waals surface area contributed by atoms with Crippen molar-refractivity contribution in [2.45, 2.75) is 30.4 Å². The molecule has 0 amide bonds. The highest BCUT2D eigenvalue weighted by molar-refractivity contribution is 7.98. The number of thioether (sulfide) groups is 1. The van der Waals surface area contributed by atoms with Crippen LogP contribution in [0, 0.1) is 18.3 Å². The first-order valence-electron chi connectivity index (χ1n) is 6.15. The minimum atomic E-state index is -4.70. The molecule has 0 bridgehead atoms. The van der Waals surface area contributed by atoms with E-state index in [0.717, 1.165) is 30.2 Å². The van der Waals surface area contributed by atoms with Crippen LogP contribution in [0.4, 0.5) is 22.0 Å². The van der Waals surface area contributed by atoms with Crippen molar-refractivity contribution in [3.63, 3.8) is 0 Å². The maximum absolute atomic E-state index is 13.0. The van der Waals surface area contributed by atoms with E-state index < -0.39 is 23.9 Å². The molecule has 4 nitrogen and oxygen atoms in total. The molecule has 0 aliphatic rings. The fraction of sp³-hybridized carbons (Fsp3) is 0.308. The Morgan fingerprint density at radius 1 is 1.39 bits per heavy atom. The second-order valence-electron chi connectivity index (χ2n) is 4.42. The van der Waals surface area contributed by atoms with E-state index in [-0.39, 0.29) is 22.3 Å². The van der Waals surface area contributed by atoms with Crippen LogP contribution < -0.4 is 0 Å². The van der Waals surface area contributed by atoms with Crippen molar-refractivity contribution >= 4 is 11.8 Å². The Labute approximate surface area is 132 Å². The van der Waals surface area contributed by atoms with Gasteiger partial charge in [-0.2, -0.15) is 27.2 Å². The van der Waals surface area contributed by atoms with Crippen LogP contribution in [-0.2, 0) is 11.9 Å². The van der Waals surface area contributed by atoms with Gasteiger partial charge in [-0.1, -0.05) is 11.8 Å². The normalized spacial score (nSPS) is 11.7. The van der Waals surface area contributed by atoms with Gasteiger partial charge in [0.1, 0.15) is 16.9 Å². The molecule has 0 aromatic carbocycles. The van der Waals surface area contributed by atoms with Crippen LogP contribution in [0.5, 0.6) is 0 Å². The highest BCUT2D eigenvalue weighted by atomic mass is 32.2. The Morgan fingerprint density at radius 2 is 2.09 bits per heavy atom. The van der Waals surface area contributed by atoms with Gasteiger partial charge < -0.3 is 0 Å². The van der Waals surface area contributed by atoms with Gasteiger partial charge in [-0.15, -0.1) is 0 Å². The minimum absolute atomic E-state index is 0.0224. The van der Waals surface area contributed by atoms with Crippen molar-refractivity contribution in [3.05, 3.63) is 41.1 Å². The fourth-order valence-electron chi connectivity index (χ4n) is 1.85. The molecule has 0 spiro atoms. The lowest BCUT2D eigenvalue weighted by atomic mass is 10.1. The summed E-state index contributed by atoms with van der Waals surface area (Å²) in [7, 11) is 0. The van der Waals surface area contributed by atoms with Crippen LogP contribution in [0.2, 0.25) is 0 Å². The van der Waals surface area contributed by atoms with E-state index in [9.17, 15) is 22.0 Å². The molecule has 2 aromatic heterocycles. The van der Waals surface area contributed by atoms with Crippen LogP contribution in [0.25, 0.3) is 0 Å². The number of rotatable bonds is 4. The molecule has 0 unspecified atom stereocenters. The third-order valence-electron chi connectivity index (χ3n) is 2.83. The van der Waals surface area contributed by atoms with E-state index in [2.05, 4.69) is 9.97 Å². The number of aryl methyl sites for hydroxylation is 1. The Morgan fingerprint density at radius 3 is 2.65 bits per heavy atom. The SMILES string of the molecule is Cc1cc(C(F)(F)F)c(C#N)c(SCc2nccn2C(F)F)n1. The van der Waals surface area contributed by atoms with E-state index in [1.165, 1.54) is 13.0 Å². The highest BCUT2D eigenvalue weighted by Crippen LogP contribution is 2.36. The molecule has 0 radical (unpaired) electrons. The van der Waals surface area contributed by atoms with Crippen molar-refractivity contribution in [3.8, 4) is 6.07 Å². The van der Waals surface area contributed by atoms with Gasteiger partial charge in [0.05, 0.1) is 16.9 Å². The maximum Gasteiger partial charge on any atom is 0.417 e. The first-order valence-corrected chi connectivity index (χ1v) is 7.14. The van der Waals surface area contributed by atoms with E-state index in [1.54, 1.807) is 0 Å². The number of hydrogen-bond acceptors (Lipinski definition) is 4. The molecule has 10 heteroatoms. The smallest absolute Gasteiger partial charge is 0.277 e. The summed E-state index contributed by atoms with van der Waals surface area (Å²) in [5.74, 6) is -0.162. The van der Waals surface area contributed by atoms with Crippen LogP contribution in [0.3, 0.4) is 0 Å². The summed E-state index contributed by atoms with van der Waals surface area (Å²) in [5.41, 5.74) is -1.63. The first-order chi connectivity index (χ1) is 10.7. The number of nitriles is 1. The summed E-state index contributed by atoms with van der Waals surface area (Å²) in [6, 6.07) is 2.27. The zero-order chi connectivity index (χ0) is 17.2. The summed E-state index contributed by atoms with van der Waals surface area (Å²) in [4.78, 5) is 7.64. The Balaban J connectivity index is 2.35. The third kappa shape index (κ3) is 3.79. The Kier molecular flexibility index (Phi) is 4.89. The molecule has 23 heavy (non-hydrogen) atoms. The van der Waals surface area contributed by atoms with Gasteiger partial charge in [-0.3, -0.25) is 4.57 Å². The Bertz CT molecular complexity index is 748. The van der Waals surface area contributed by atoms with E-state index >= 15 is 0 Å². The number of aromatic nitrogens is 3. The predicted octanol–water partition coefficient (Wildman–Crippen LogP) is 4.16. The predicted molar refractivity (Wildman–Crippen MR) is 71.7 cm³/mol. The average Bonchev–Trinajstić information content (AvgIpc) is 2.92. The average molecular weight is 348 g/mol. The fourth-order valence-corrected chi connectivity index (χ4v) is 2.84. The van der Waals surface area contributed by atoms with Gasteiger partial charge in [-0.05, 0) is 13.0 Å². The number of alkyl halides is 5. The van der Waals surface area contributed by atoms with Gasteiger partial charge >= 0.3 is 12.7 Å². The summed E-state index contributed by atoms with van der Waals surface area (Å²) < 4.78 is 64.9. The second-order valence-corrected chi connectivity index (χ2v) is 5.38. The lowest BCUT2D eigenvalue weighted by Gasteiger charge is -2.13. The standard InChI is InChI=1S/C13H9F5N4S/c1-7-4-9(13(16,17)18)8(5-19)11(21-7)23-6-10-20-2-3-22(10)12(14)15/h2-4,12H,6H2,1H3. The molecule has 0 aliphatic heterocycles. The van der Waals surface area contributed by atoms with Crippen LogP contribution in [-0.4, -0.2) is 14.5 Å². The van der Waals surface area contributed by atoms with E-state index in [4.69, 9.17) is 5.26 Å². The van der Waals surface area contributed by atoms with Gasteiger partial charge in [0.15, 0.2) is 0 Å². The topological polar surface area (TPSA) is 54.5 Å². The zero-order valence-electron chi connectivity index (χ0n) is 11.6. The molecule has 2 aromatic rings. The number of nitrogens with zero attached hydrogens (tertiary/aromatic N) is 4. The lowest BCUT2D eigenvalue weighted by molar-refractivity contribution is -0.138. The maximum atomic E-state index is 13.0. The zero-order valence-corrected chi connectivity index (χ0v) is 12.4. The minimum Gasteiger partial charge on any atom is -0.277 e. The lowest BCUT2D eigenvalue weighted by Crippen LogP contribution is -2.11. The van der Waals surface area contributed by atoms with E-state index in [1.807, 2.05) is 0 Å². The van der Waals surface area contributed by atoms with Crippen molar-refractivity contribution in [2.24, 2.45) is 0 Å². The van der Waals surface area contributed by atoms with Gasteiger partial charge in [0.25, 0.3) is 0 Å². The summed E-state index contributed by atoms with van der Waals surface area (Å²) >= 11 is 0.755. The van der Waals surface area contributed by atoms with Crippen LogP contribution >= 0.6 is 11.8 Å². The van der Waals surface area contributed by atoms with Crippen molar-refractivity contribution in [2.75, 3.05) is 0 Å². The van der Waals surface area contributed by atoms with Crippen molar-refractivity contribution < 1.29 is 22.0 Å².